The monoisotopic (exact) mass is 478 g/mol. The third-order valence-corrected chi connectivity index (χ3v) is 5.86. The Morgan fingerprint density at radius 1 is 1.16 bits per heavy atom. The van der Waals surface area contributed by atoms with Gasteiger partial charge in [0.2, 0.25) is 11.8 Å². The summed E-state index contributed by atoms with van der Waals surface area (Å²) in [6.07, 6.45) is -0.489. The van der Waals surface area contributed by atoms with Gasteiger partial charge >= 0.3 is 6.09 Å². The minimum atomic E-state index is -0.927. The Hall–Kier alpha value is -2.81. The van der Waals surface area contributed by atoms with Crippen molar-refractivity contribution in [3.05, 3.63) is 63.1 Å². The number of likely N-dealkylation sites (N-methyl/N-ethyl adjacent to an activating group) is 1. The van der Waals surface area contributed by atoms with E-state index in [9.17, 15) is 14.4 Å². The second-order valence-corrected chi connectivity index (χ2v) is 8.19. The van der Waals surface area contributed by atoms with E-state index >= 15 is 0 Å². The molecule has 10 heteroatoms. The number of carbonyl (C=O) groups is 3. The second kappa shape index (κ2) is 10.2. The van der Waals surface area contributed by atoms with Crippen molar-refractivity contribution in [3.8, 4) is 0 Å². The van der Waals surface area contributed by atoms with Crippen molar-refractivity contribution in [2.75, 3.05) is 19.1 Å². The zero-order chi connectivity index (χ0) is 23.4. The van der Waals surface area contributed by atoms with Gasteiger partial charge < -0.3 is 21.1 Å². The van der Waals surface area contributed by atoms with Crippen molar-refractivity contribution in [2.24, 2.45) is 5.73 Å². The molecule has 0 bridgehead atoms. The smallest absolute Gasteiger partial charge is 0.414 e. The molecule has 8 nitrogen and oxygen atoms in total. The Bertz CT molecular complexity index is 1030. The summed E-state index contributed by atoms with van der Waals surface area (Å²) >= 11 is 12.6. The van der Waals surface area contributed by atoms with Crippen molar-refractivity contribution in [3.63, 3.8) is 0 Å². The molecule has 0 radical (unpaired) electrons. The van der Waals surface area contributed by atoms with Crippen LogP contribution in [0.25, 0.3) is 0 Å². The molecule has 2 atom stereocenters. The predicted octanol–water partition coefficient (Wildman–Crippen LogP) is 2.94. The first-order valence-corrected chi connectivity index (χ1v) is 10.7. The van der Waals surface area contributed by atoms with Crippen molar-refractivity contribution in [1.29, 1.82) is 0 Å². The zero-order valence-corrected chi connectivity index (χ0v) is 19.2. The molecule has 1 aliphatic heterocycles. The maximum Gasteiger partial charge on any atom is 0.414 e. The van der Waals surface area contributed by atoms with Crippen LogP contribution in [0.4, 0.5) is 10.5 Å². The summed E-state index contributed by atoms with van der Waals surface area (Å²) in [5, 5.41) is 6.06. The van der Waals surface area contributed by atoms with Crippen molar-refractivity contribution in [1.82, 2.24) is 10.6 Å². The van der Waals surface area contributed by atoms with Gasteiger partial charge in [-0.1, -0.05) is 47.5 Å². The molecular formula is C22H24Cl2N4O4. The lowest BCUT2D eigenvalue weighted by molar-refractivity contribution is -0.124. The number of carbonyl (C=O) groups excluding carboxylic acids is 3. The van der Waals surface area contributed by atoms with Gasteiger partial charge in [0.25, 0.3) is 0 Å². The number of amides is 3. The van der Waals surface area contributed by atoms with Gasteiger partial charge in [0, 0.05) is 35.6 Å². The largest absolute Gasteiger partial charge is 0.452 e. The van der Waals surface area contributed by atoms with Crippen molar-refractivity contribution in [2.45, 2.75) is 31.5 Å². The topological polar surface area (TPSA) is 114 Å². The lowest BCUT2D eigenvalue weighted by Gasteiger charge is -2.39. The van der Waals surface area contributed by atoms with Gasteiger partial charge in [-0.05, 0) is 23.3 Å². The molecule has 4 N–H and O–H groups in total. The molecule has 0 aliphatic carbocycles. The summed E-state index contributed by atoms with van der Waals surface area (Å²) in [7, 11) is 2.69. The van der Waals surface area contributed by atoms with Crippen LogP contribution in [0.5, 0.6) is 0 Å². The number of benzene rings is 2. The molecule has 0 fully saturated rings. The molecular weight excluding hydrogens is 455 g/mol. The third-order valence-electron chi connectivity index (χ3n) is 5.33. The van der Waals surface area contributed by atoms with Gasteiger partial charge in [0.1, 0.15) is 6.04 Å². The Morgan fingerprint density at radius 2 is 1.81 bits per heavy atom. The summed E-state index contributed by atoms with van der Waals surface area (Å²) in [5.74, 6) is -0.664. The van der Waals surface area contributed by atoms with Gasteiger partial charge in [-0.3, -0.25) is 14.5 Å². The fourth-order valence-electron chi connectivity index (χ4n) is 3.80. The van der Waals surface area contributed by atoms with E-state index in [-0.39, 0.29) is 28.8 Å². The van der Waals surface area contributed by atoms with E-state index in [1.54, 1.807) is 0 Å². The van der Waals surface area contributed by atoms with E-state index in [4.69, 9.17) is 33.7 Å². The number of halogens is 2. The summed E-state index contributed by atoms with van der Waals surface area (Å²) in [6, 6.07) is 8.94. The lowest BCUT2D eigenvalue weighted by Crippen LogP contribution is -2.54. The van der Waals surface area contributed by atoms with E-state index in [2.05, 4.69) is 10.6 Å². The molecule has 0 spiro atoms. The molecule has 32 heavy (non-hydrogen) atoms. The molecule has 1 heterocycles. The summed E-state index contributed by atoms with van der Waals surface area (Å²) in [5.41, 5.74) is 8.21. The van der Waals surface area contributed by atoms with Crippen molar-refractivity contribution >= 4 is 46.8 Å². The number of methoxy groups -OCH3 is 1. The molecule has 2 aromatic rings. The number of fused-ring (bicyclic) bond motifs is 1. The molecule has 1 aliphatic rings. The Morgan fingerprint density at radius 3 is 2.41 bits per heavy atom. The number of nitrogens with zero attached hydrogens (tertiary/aromatic N) is 1. The highest BCUT2D eigenvalue weighted by atomic mass is 35.5. The normalized spacial score (nSPS) is 17.3. The average Bonchev–Trinajstić information content (AvgIpc) is 2.77. The highest BCUT2D eigenvalue weighted by Crippen LogP contribution is 2.43. The number of nitrogens with two attached hydrogens (primary N) is 1. The maximum atomic E-state index is 12.8. The summed E-state index contributed by atoms with van der Waals surface area (Å²) in [6.45, 7) is 0.421. The van der Waals surface area contributed by atoms with Gasteiger partial charge in [0.05, 0.1) is 25.3 Å². The first kappa shape index (κ1) is 23.8. The van der Waals surface area contributed by atoms with Gasteiger partial charge in [-0.15, -0.1) is 0 Å². The lowest BCUT2D eigenvalue weighted by atomic mass is 9.90. The van der Waals surface area contributed by atoms with Gasteiger partial charge in [-0.2, -0.15) is 0 Å². The Kier molecular flexibility index (Phi) is 7.60. The molecule has 0 saturated heterocycles. The van der Waals surface area contributed by atoms with Crippen LogP contribution in [0, 0.1) is 0 Å². The average molecular weight is 479 g/mol. The first-order chi connectivity index (χ1) is 15.3. The van der Waals surface area contributed by atoms with Crippen LogP contribution in [0.3, 0.4) is 0 Å². The number of rotatable bonds is 5. The number of hydrogen-bond donors (Lipinski definition) is 3. The number of hydrogen-bond acceptors (Lipinski definition) is 5. The quantitative estimate of drug-likeness (QED) is 0.611. The summed E-state index contributed by atoms with van der Waals surface area (Å²) in [4.78, 5) is 39.2. The van der Waals surface area contributed by atoms with E-state index in [1.807, 2.05) is 24.3 Å². The van der Waals surface area contributed by atoms with Crippen LogP contribution >= 0.6 is 23.2 Å². The third kappa shape index (κ3) is 4.98. The van der Waals surface area contributed by atoms with Crippen LogP contribution in [0.2, 0.25) is 10.0 Å². The van der Waals surface area contributed by atoms with Crippen molar-refractivity contribution < 1.29 is 19.1 Å². The molecule has 3 rings (SSSR count). The minimum absolute atomic E-state index is 0.112. The van der Waals surface area contributed by atoms with E-state index in [0.29, 0.717) is 17.8 Å². The van der Waals surface area contributed by atoms with Crippen LogP contribution in [-0.2, 0) is 27.3 Å². The highest BCUT2D eigenvalue weighted by Gasteiger charge is 2.42. The molecule has 2 unspecified atom stereocenters. The van der Waals surface area contributed by atoms with Crippen LogP contribution in [0.1, 0.15) is 29.2 Å². The van der Waals surface area contributed by atoms with Crippen LogP contribution < -0.4 is 21.3 Å². The summed E-state index contributed by atoms with van der Waals surface area (Å²) < 4.78 is 4.89. The van der Waals surface area contributed by atoms with Crippen LogP contribution in [-0.4, -0.2) is 38.1 Å². The Labute approximate surface area is 196 Å². The molecule has 3 amide bonds. The van der Waals surface area contributed by atoms with Crippen LogP contribution in [0.15, 0.2) is 36.4 Å². The van der Waals surface area contributed by atoms with Gasteiger partial charge in [-0.25, -0.2) is 4.79 Å². The number of nitrogens with one attached hydrogen (secondary N) is 2. The minimum Gasteiger partial charge on any atom is -0.452 e. The predicted molar refractivity (Wildman–Crippen MR) is 123 cm³/mol. The fraction of sp³-hybridized carbons (Fsp3) is 0.318. The molecule has 2 aromatic carbocycles. The zero-order valence-electron chi connectivity index (χ0n) is 17.7. The standard InChI is InChI=1S/C22H24Cl2N4O4/c1-26-21(30)18-10-16(27-19(29)7-12-3-5-13(11-25)6-4-12)20-15(24)8-14(23)9-17(20)28(18)22(31)32-2/h3-6,8-9,16,18H,7,10-11,25H2,1-2H3,(H,26,30)(H,27,29). The van der Waals surface area contributed by atoms with Gasteiger partial charge in [0.15, 0.2) is 0 Å². The van der Waals surface area contributed by atoms with E-state index in [0.717, 1.165) is 11.1 Å². The molecule has 0 aromatic heterocycles. The number of ether oxygens (including phenoxy) is 1. The maximum absolute atomic E-state index is 12.8. The molecule has 0 saturated carbocycles. The SMILES string of the molecule is CNC(=O)C1CC(NC(=O)Cc2ccc(CN)cc2)c2c(Cl)cc(Cl)cc2N1C(=O)OC. The molecule has 170 valence electrons. The highest BCUT2D eigenvalue weighted by molar-refractivity contribution is 6.36. The van der Waals surface area contributed by atoms with E-state index in [1.165, 1.54) is 31.2 Å². The first-order valence-electron chi connectivity index (χ1n) is 9.94. The van der Waals surface area contributed by atoms with E-state index < -0.39 is 24.1 Å². The second-order valence-electron chi connectivity index (χ2n) is 7.34. The Balaban J connectivity index is 1.95. The number of anilines is 1. The fourth-order valence-corrected chi connectivity index (χ4v) is 4.41.